The predicted octanol–water partition coefficient (Wildman–Crippen LogP) is 3.92. The Labute approximate surface area is 144 Å². The monoisotopic (exact) mass is 341 g/mol. The Morgan fingerprint density at radius 3 is 2.79 bits per heavy atom. The summed E-state index contributed by atoms with van der Waals surface area (Å²) < 4.78 is 5.20. The fourth-order valence-corrected chi connectivity index (χ4v) is 3.00. The molecule has 0 aliphatic heterocycles. The third-order valence-electron chi connectivity index (χ3n) is 3.80. The van der Waals surface area contributed by atoms with E-state index in [9.17, 15) is 4.79 Å². The van der Waals surface area contributed by atoms with Gasteiger partial charge in [0.2, 0.25) is 5.91 Å². The fraction of sp³-hybridized carbons (Fsp3) is 0.222. The fourth-order valence-electron chi connectivity index (χ4n) is 2.31. The lowest BCUT2D eigenvalue weighted by Crippen LogP contribution is -2.14. The average molecular weight is 341 g/mol. The van der Waals surface area contributed by atoms with Crippen molar-refractivity contribution in [1.82, 2.24) is 9.97 Å². The zero-order valence-corrected chi connectivity index (χ0v) is 14.7. The number of thioether (sulfide) groups is 1. The number of hydrogen-bond acceptors (Lipinski definition) is 4. The molecule has 0 spiro atoms. The summed E-state index contributed by atoms with van der Waals surface area (Å²) in [6.07, 6.45) is 0. The van der Waals surface area contributed by atoms with Crippen LogP contribution in [0.3, 0.4) is 0 Å². The molecule has 124 valence electrons. The first-order valence-corrected chi connectivity index (χ1v) is 8.57. The number of anilines is 1. The Morgan fingerprint density at radius 2 is 2.04 bits per heavy atom. The maximum atomic E-state index is 12.1. The summed E-state index contributed by atoms with van der Waals surface area (Å²) in [6.45, 7) is 4.08. The minimum absolute atomic E-state index is 0.0544. The number of aromatic nitrogens is 2. The van der Waals surface area contributed by atoms with Gasteiger partial charge < -0.3 is 15.0 Å². The lowest BCUT2D eigenvalue weighted by Gasteiger charge is -2.07. The van der Waals surface area contributed by atoms with Gasteiger partial charge in [-0.05, 0) is 49.2 Å². The molecular formula is C18H19N3O2S. The second-order valence-corrected chi connectivity index (χ2v) is 6.52. The van der Waals surface area contributed by atoms with Crippen molar-refractivity contribution in [3.8, 4) is 5.75 Å². The second-order valence-electron chi connectivity index (χ2n) is 5.56. The molecule has 1 heterocycles. The third-order valence-corrected chi connectivity index (χ3v) is 4.67. The molecule has 0 radical (unpaired) electrons. The smallest absolute Gasteiger partial charge is 0.234 e. The summed E-state index contributed by atoms with van der Waals surface area (Å²) in [6, 6.07) is 11.5. The molecule has 0 bridgehead atoms. The van der Waals surface area contributed by atoms with Gasteiger partial charge in [-0.1, -0.05) is 17.8 Å². The zero-order valence-electron chi connectivity index (χ0n) is 13.8. The number of aryl methyl sites for hydroxylation is 2. The van der Waals surface area contributed by atoms with Crippen LogP contribution in [-0.4, -0.2) is 28.7 Å². The Balaban J connectivity index is 1.62. The van der Waals surface area contributed by atoms with Gasteiger partial charge in [0.1, 0.15) is 5.75 Å². The lowest BCUT2D eigenvalue weighted by molar-refractivity contribution is -0.113. The highest BCUT2D eigenvalue weighted by atomic mass is 32.2. The molecule has 3 rings (SSSR count). The van der Waals surface area contributed by atoms with Gasteiger partial charge in [-0.2, -0.15) is 0 Å². The van der Waals surface area contributed by atoms with Crippen molar-refractivity contribution in [2.45, 2.75) is 19.0 Å². The van der Waals surface area contributed by atoms with E-state index in [1.54, 1.807) is 7.11 Å². The minimum Gasteiger partial charge on any atom is -0.497 e. The van der Waals surface area contributed by atoms with Crippen LogP contribution in [0.25, 0.3) is 11.0 Å². The number of carbonyl (C=O) groups is 1. The highest BCUT2D eigenvalue weighted by Crippen LogP contribution is 2.23. The summed E-state index contributed by atoms with van der Waals surface area (Å²) in [4.78, 5) is 19.8. The van der Waals surface area contributed by atoms with Gasteiger partial charge in [-0.25, -0.2) is 4.98 Å². The number of amides is 1. The predicted molar refractivity (Wildman–Crippen MR) is 97.9 cm³/mol. The number of carbonyl (C=O) groups excluding carboxylic acids is 1. The van der Waals surface area contributed by atoms with Gasteiger partial charge in [0, 0.05) is 11.8 Å². The number of fused-ring (bicyclic) bond motifs is 1. The van der Waals surface area contributed by atoms with Crippen LogP contribution in [0.2, 0.25) is 0 Å². The normalized spacial score (nSPS) is 10.8. The number of hydrogen-bond donors (Lipinski definition) is 2. The van der Waals surface area contributed by atoms with Gasteiger partial charge in [-0.3, -0.25) is 4.79 Å². The highest BCUT2D eigenvalue weighted by molar-refractivity contribution is 7.99. The molecule has 0 aliphatic carbocycles. The van der Waals surface area contributed by atoms with Gasteiger partial charge in [0.25, 0.3) is 0 Å². The molecule has 3 aromatic rings. The maximum absolute atomic E-state index is 12.1. The minimum atomic E-state index is -0.0544. The summed E-state index contributed by atoms with van der Waals surface area (Å²) in [5, 5.41) is 3.63. The van der Waals surface area contributed by atoms with Crippen LogP contribution in [0.15, 0.2) is 41.6 Å². The maximum Gasteiger partial charge on any atom is 0.234 e. The van der Waals surface area contributed by atoms with Crippen molar-refractivity contribution in [1.29, 1.82) is 0 Å². The molecule has 1 aromatic heterocycles. The first kappa shape index (κ1) is 16.4. The van der Waals surface area contributed by atoms with E-state index in [1.807, 2.05) is 50.2 Å². The van der Waals surface area contributed by atoms with Crippen LogP contribution in [0.5, 0.6) is 5.75 Å². The topological polar surface area (TPSA) is 67.0 Å². The highest BCUT2D eigenvalue weighted by Gasteiger charge is 2.08. The number of nitrogens with one attached hydrogen (secondary N) is 2. The number of nitrogens with zero attached hydrogens (tertiary/aromatic N) is 1. The van der Waals surface area contributed by atoms with E-state index in [2.05, 4.69) is 15.3 Å². The first-order chi connectivity index (χ1) is 11.5. The first-order valence-electron chi connectivity index (χ1n) is 7.59. The van der Waals surface area contributed by atoms with Crippen LogP contribution < -0.4 is 10.1 Å². The van der Waals surface area contributed by atoms with Crippen molar-refractivity contribution in [3.05, 3.63) is 47.5 Å². The van der Waals surface area contributed by atoms with Crippen LogP contribution >= 0.6 is 11.8 Å². The number of aromatic amines is 1. The number of imidazole rings is 1. The number of rotatable bonds is 5. The molecule has 0 atom stereocenters. The molecule has 2 aromatic carbocycles. The SMILES string of the molecule is COc1ccc2nc(SCC(=O)Nc3ccc(C)c(C)c3)[nH]c2c1. The average Bonchev–Trinajstić information content (AvgIpc) is 2.98. The molecule has 0 fully saturated rings. The van der Waals surface area contributed by atoms with Crippen molar-refractivity contribution >= 4 is 34.4 Å². The molecule has 0 saturated heterocycles. The Hall–Kier alpha value is -2.47. The van der Waals surface area contributed by atoms with Crippen LogP contribution in [0.1, 0.15) is 11.1 Å². The number of methoxy groups -OCH3 is 1. The molecule has 1 amide bonds. The van der Waals surface area contributed by atoms with E-state index >= 15 is 0 Å². The molecule has 2 N–H and O–H groups in total. The number of benzene rings is 2. The van der Waals surface area contributed by atoms with E-state index in [4.69, 9.17) is 4.74 Å². The summed E-state index contributed by atoms with van der Waals surface area (Å²) in [5.41, 5.74) is 4.93. The van der Waals surface area contributed by atoms with E-state index in [1.165, 1.54) is 17.3 Å². The molecule has 24 heavy (non-hydrogen) atoms. The lowest BCUT2D eigenvalue weighted by atomic mass is 10.1. The second kappa shape index (κ2) is 6.97. The third kappa shape index (κ3) is 3.71. The van der Waals surface area contributed by atoms with E-state index < -0.39 is 0 Å². The molecule has 5 nitrogen and oxygen atoms in total. The molecule has 0 unspecified atom stereocenters. The van der Waals surface area contributed by atoms with Crippen molar-refractivity contribution in [2.24, 2.45) is 0 Å². The Morgan fingerprint density at radius 1 is 1.21 bits per heavy atom. The quantitative estimate of drug-likeness (QED) is 0.690. The van der Waals surface area contributed by atoms with Crippen LogP contribution in [0, 0.1) is 13.8 Å². The number of ether oxygens (including phenoxy) is 1. The molecule has 6 heteroatoms. The van der Waals surface area contributed by atoms with Crippen LogP contribution in [-0.2, 0) is 4.79 Å². The summed E-state index contributed by atoms with van der Waals surface area (Å²) in [7, 11) is 1.63. The van der Waals surface area contributed by atoms with Gasteiger partial charge in [-0.15, -0.1) is 0 Å². The van der Waals surface area contributed by atoms with Crippen molar-refractivity contribution in [2.75, 3.05) is 18.2 Å². The van der Waals surface area contributed by atoms with Crippen LogP contribution in [0.4, 0.5) is 5.69 Å². The van der Waals surface area contributed by atoms with Crippen molar-refractivity contribution < 1.29 is 9.53 Å². The zero-order chi connectivity index (χ0) is 17.1. The van der Waals surface area contributed by atoms with E-state index in [0.717, 1.165) is 28.0 Å². The summed E-state index contributed by atoms with van der Waals surface area (Å²) in [5.74, 6) is 1.01. The summed E-state index contributed by atoms with van der Waals surface area (Å²) >= 11 is 1.37. The standard InChI is InChI=1S/C18H19N3O2S/c1-11-4-5-13(8-12(11)2)19-17(22)10-24-18-20-15-7-6-14(23-3)9-16(15)21-18/h4-9H,10H2,1-3H3,(H,19,22)(H,20,21). The van der Waals surface area contributed by atoms with E-state index in [0.29, 0.717) is 10.9 Å². The Kier molecular flexibility index (Phi) is 4.76. The molecular weight excluding hydrogens is 322 g/mol. The van der Waals surface area contributed by atoms with Gasteiger partial charge in [0.15, 0.2) is 5.16 Å². The Bertz CT molecular complexity index is 889. The van der Waals surface area contributed by atoms with Gasteiger partial charge in [0.05, 0.1) is 23.9 Å². The molecule has 0 aliphatic rings. The van der Waals surface area contributed by atoms with Gasteiger partial charge >= 0.3 is 0 Å². The van der Waals surface area contributed by atoms with E-state index in [-0.39, 0.29) is 5.91 Å². The molecule has 0 saturated carbocycles. The largest absolute Gasteiger partial charge is 0.497 e. The number of H-pyrrole nitrogens is 1. The van der Waals surface area contributed by atoms with Crippen molar-refractivity contribution in [3.63, 3.8) is 0 Å².